The van der Waals surface area contributed by atoms with Gasteiger partial charge in [0.2, 0.25) is 0 Å². The van der Waals surface area contributed by atoms with Gasteiger partial charge in [0.05, 0.1) is 18.0 Å². The number of nitrogens with zero attached hydrogens (tertiary/aromatic N) is 2. The Morgan fingerprint density at radius 3 is 2.57 bits per heavy atom. The zero-order valence-electron chi connectivity index (χ0n) is 8.40. The first kappa shape index (κ1) is 9.98. The summed E-state index contributed by atoms with van der Waals surface area (Å²) in [6.45, 7) is 5.77. The Hall–Kier alpha value is -0.550. The standard InChI is InChI=1S/C9H14N2O2S/c1-6-3-11(4-7(2)13-6)9-10-8(12)5-14-9/h6-7H,3-5H2,1-2H3. The van der Waals surface area contributed by atoms with E-state index in [-0.39, 0.29) is 18.1 Å². The van der Waals surface area contributed by atoms with E-state index in [1.807, 2.05) is 13.8 Å². The first-order chi connectivity index (χ1) is 6.65. The molecule has 2 unspecified atom stereocenters. The van der Waals surface area contributed by atoms with E-state index in [9.17, 15) is 4.79 Å². The quantitative estimate of drug-likeness (QED) is 0.596. The Labute approximate surface area is 87.7 Å². The van der Waals surface area contributed by atoms with Crippen LogP contribution in [0, 0.1) is 0 Å². The monoisotopic (exact) mass is 214 g/mol. The van der Waals surface area contributed by atoms with Gasteiger partial charge in [0.15, 0.2) is 5.17 Å². The second kappa shape index (κ2) is 3.90. The van der Waals surface area contributed by atoms with Gasteiger partial charge in [-0.05, 0) is 13.8 Å². The molecule has 1 saturated heterocycles. The molecule has 0 radical (unpaired) electrons. The maximum absolute atomic E-state index is 11.0. The van der Waals surface area contributed by atoms with Gasteiger partial charge < -0.3 is 9.64 Å². The SMILES string of the molecule is CC1CN(C2=NC(=O)CS2)CC(C)O1. The molecule has 0 aliphatic carbocycles. The molecule has 0 aromatic carbocycles. The van der Waals surface area contributed by atoms with Crippen LogP contribution in [0.5, 0.6) is 0 Å². The van der Waals surface area contributed by atoms with E-state index in [1.165, 1.54) is 11.8 Å². The molecule has 0 aromatic rings. The second-order valence-corrected chi connectivity index (χ2v) is 4.68. The third-order valence-electron chi connectivity index (χ3n) is 2.24. The molecular weight excluding hydrogens is 200 g/mol. The number of hydrogen-bond acceptors (Lipinski definition) is 4. The molecule has 2 rings (SSSR count). The van der Waals surface area contributed by atoms with E-state index in [0.717, 1.165) is 18.3 Å². The van der Waals surface area contributed by atoms with Crippen molar-refractivity contribution in [3.63, 3.8) is 0 Å². The first-order valence-electron chi connectivity index (χ1n) is 4.80. The van der Waals surface area contributed by atoms with Crippen molar-refractivity contribution >= 4 is 22.8 Å². The van der Waals surface area contributed by atoms with Crippen molar-refractivity contribution < 1.29 is 9.53 Å². The fraction of sp³-hybridized carbons (Fsp3) is 0.778. The molecule has 14 heavy (non-hydrogen) atoms. The Bertz CT molecular complexity index is 270. The number of rotatable bonds is 0. The van der Waals surface area contributed by atoms with Crippen LogP contribution >= 0.6 is 11.8 Å². The fourth-order valence-electron chi connectivity index (χ4n) is 1.79. The minimum absolute atomic E-state index is 0.0169. The van der Waals surface area contributed by atoms with Crippen LogP contribution in [-0.2, 0) is 9.53 Å². The minimum atomic E-state index is -0.0169. The topological polar surface area (TPSA) is 41.9 Å². The molecular formula is C9H14N2O2S. The molecule has 0 spiro atoms. The highest BCUT2D eigenvalue weighted by Gasteiger charge is 2.28. The van der Waals surface area contributed by atoms with Crippen LogP contribution in [0.1, 0.15) is 13.8 Å². The van der Waals surface area contributed by atoms with E-state index in [0.29, 0.717) is 5.75 Å². The summed E-state index contributed by atoms with van der Waals surface area (Å²) in [6.07, 6.45) is 0.440. The lowest BCUT2D eigenvalue weighted by atomic mass is 10.2. The summed E-state index contributed by atoms with van der Waals surface area (Å²) >= 11 is 1.53. The van der Waals surface area contributed by atoms with Crippen molar-refractivity contribution in [3.05, 3.63) is 0 Å². The summed E-state index contributed by atoms with van der Waals surface area (Å²) in [5.74, 6) is 0.479. The average molecular weight is 214 g/mol. The highest BCUT2D eigenvalue weighted by Crippen LogP contribution is 2.20. The Kier molecular flexibility index (Phi) is 2.78. The van der Waals surface area contributed by atoms with Crippen LogP contribution in [0.3, 0.4) is 0 Å². The molecule has 1 amide bonds. The predicted molar refractivity (Wildman–Crippen MR) is 56.5 cm³/mol. The summed E-state index contributed by atoms with van der Waals surface area (Å²) in [6, 6.07) is 0. The molecule has 2 aliphatic heterocycles. The smallest absolute Gasteiger partial charge is 0.258 e. The molecule has 0 N–H and O–H groups in total. The highest BCUT2D eigenvalue weighted by molar-refractivity contribution is 8.14. The Balaban J connectivity index is 2.03. The number of amides is 1. The van der Waals surface area contributed by atoms with Gasteiger partial charge in [0.25, 0.3) is 5.91 Å². The largest absolute Gasteiger partial charge is 0.372 e. The third-order valence-corrected chi connectivity index (χ3v) is 3.23. The Morgan fingerprint density at radius 1 is 1.43 bits per heavy atom. The molecule has 5 heteroatoms. The predicted octanol–water partition coefficient (Wildman–Crippen LogP) is 0.725. The van der Waals surface area contributed by atoms with Gasteiger partial charge in [0, 0.05) is 13.1 Å². The molecule has 0 bridgehead atoms. The van der Waals surface area contributed by atoms with E-state index in [1.54, 1.807) is 0 Å². The van der Waals surface area contributed by atoms with Crippen molar-refractivity contribution in [2.75, 3.05) is 18.8 Å². The number of ether oxygens (including phenoxy) is 1. The van der Waals surface area contributed by atoms with Gasteiger partial charge in [0.1, 0.15) is 0 Å². The lowest BCUT2D eigenvalue weighted by molar-refractivity contribution is -0.115. The van der Waals surface area contributed by atoms with Crippen LogP contribution in [0.2, 0.25) is 0 Å². The van der Waals surface area contributed by atoms with Gasteiger partial charge in [-0.15, -0.1) is 0 Å². The molecule has 2 atom stereocenters. The van der Waals surface area contributed by atoms with Crippen LogP contribution in [0.25, 0.3) is 0 Å². The van der Waals surface area contributed by atoms with E-state index in [4.69, 9.17) is 4.74 Å². The van der Waals surface area contributed by atoms with Crippen LogP contribution in [0.4, 0.5) is 0 Å². The van der Waals surface area contributed by atoms with Gasteiger partial charge in [-0.3, -0.25) is 4.79 Å². The van der Waals surface area contributed by atoms with Crippen molar-refractivity contribution in [1.29, 1.82) is 0 Å². The third kappa shape index (κ3) is 2.09. The van der Waals surface area contributed by atoms with Gasteiger partial charge in [-0.2, -0.15) is 4.99 Å². The Morgan fingerprint density at radius 2 is 2.07 bits per heavy atom. The molecule has 78 valence electrons. The number of morpholine rings is 1. The molecule has 1 fully saturated rings. The van der Waals surface area contributed by atoms with E-state index < -0.39 is 0 Å². The maximum atomic E-state index is 11.0. The molecule has 0 aromatic heterocycles. The summed E-state index contributed by atoms with van der Waals surface area (Å²) in [4.78, 5) is 17.1. The lowest BCUT2D eigenvalue weighted by Crippen LogP contribution is -2.47. The average Bonchev–Trinajstić information content (AvgIpc) is 2.50. The van der Waals surface area contributed by atoms with Gasteiger partial charge in [-0.25, -0.2) is 0 Å². The highest BCUT2D eigenvalue weighted by atomic mass is 32.2. The first-order valence-corrected chi connectivity index (χ1v) is 5.78. The van der Waals surface area contributed by atoms with Crippen molar-refractivity contribution in [2.24, 2.45) is 4.99 Å². The van der Waals surface area contributed by atoms with Crippen molar-refractivity contribution in [2.45, 2.75) is 26.1 Å². The van der Waals surface area contributed by atoms with Gasteiger partial charge >= 0.3 is 0 Å². The summed E-state index contributed by atoms with van der Waals surface area (Å²) < 4.78 is 5.61. The molecule has 2 aliphatic rings. The number of amidine groups is 1. The molecule has 4 nitrogen and oxygen atoms in total. The van der Waals surface area contributed by atoms with E-state index >= 15 is 0 Å². The van der Waals surface area contributed by atoms with Crippen LogP contribution in [-0.4, -0.2) is 47.0 Å². The minimum Gasteiger partial charge on any atom is -0.372 e. The molecule has 2 heterocycles. The number of thioether (sulfide) groups is 1. The molecule has 0 saturated carbocycles. The summed E-state index contributed by atoms with van der Waals surface area (Å²) in [5.41, 5.74) is 0. The van der Waals surface area contributed by atoms with Crippen LogP contribution in [0.15, 0.2) is 4.99 Å². The number of aliphatic imine (C=N–C) groups is 1. The number of carbonyl (C=O) groups excluding carboxylic acids is 1. The fourth-order valence-corrected chi connectivity index (χ4v) is 2.61. The van der Waals surface area contributed by atoms with Crippen molar-refractivity contribution in [1.82, 2.24) is 4.90 Å². The second-order valence-electron chi connectivity index (χ2n) is 3.74. The summed E-state index contributed by atoms with van der Waals surface area (Å²) in [5, 5.41) is 0.872. The van der Waals surface area contributed by atoms with Crippen LogP contribution < -0.4 is 0 Å². The van der Waals surface area contributed by atoms with Crippen molar-refractivity contribution in [3.8, 4) is 0 Å². The zero-order valence-corrected chi connectivity index (χ0v) is 9.21. The number of hydrogen-bond donors (Lipinski definition) is 0. The normalized spacial score (nSPS) is 33.4. The van der Waals surface area contributed by atoms with E-state index in [2.05, 4.69) is 9.89 Å². The number of carbonyl (C=O) groups is 1. The summed E-state index contributed by atoms with van der Waals surface area (Å²) in [7, 11) is 0. The zero-order chi connectivity index (χ0) is 10.1. The maximum Gasteiger partial charge on any atom is 0.258 e. The lowest BCUT2D eigenvalue weighted by Gasteiger charge is -2.35. The van der Waals surface area contributed by atoms with Gasteiger partial charge in [-0.1, -0.05) is 11.8 Å².